The second-order valence-corrected chi connectivity index (χ2v) is 7.31. The third-order valence-electron chi connectivity index (χ3n) is 2.99. The normalized spacial score (nSPS) is 11.4. The number of rotatable bonds is 8. The van der Waals surface area contributed by atoms with Crippen molar-refractivity contribution in [2.24, 2.45) is 0 Å². The number of halogens is 3. The molecule has 2 aromatic rings. The van der Waals surface area contributed by atoms with Gasteiger partial charge in [-0.15, -0.1) is 0 Å². The number of hydrogen-bond donors (Lipinski definition) is 1. The van der Waals surface area contributed by atoms with Crippen molar-refractivity contribution in [2.45, 2.75) is 18.3 Å². The van der Waals surface area contributed by atoms with Crippen molar-refractivity contribution in [3.63, 3.8) is 0 Å². The van der Waals surface area contributed by atoms with Gasteiger partial charge in [0, 0.05) is 0 Å². The Balaban J connectivity index is 1.72. The summed E-state index contributed by atoms with van der Waals surface area (Å²) in [6, 6.07) is 12.6. The van der Waals surface area contributed by atoms with Crippen LogP contribution in [0.3, 0.4) is 0 Å². The first-order chi connectivity index (χ1) is 12.8. The van der Waals surface area contributed by atoms with Crippen LogP contribution in [0.15, 0.2) is 60.9 Å². The molecule has 0 unspecified atom stereocenters. The van der Waals surface area contributed by atoms with Crippen LogP contribution < -0.4 is 13.9 Å². The summed E-state index contributed by atoms with van der Waals surface area (Å²) >= 11 is 0.0502. The molecular formula is C18H15F3O5Se. The molecular weight excluding hydrogens is 432 g/mol. The Hall–Kier alpha value is -2.64. The average molecular weight is 447 g/mol. The van der Waals surface area contributed by atoms with Gasteiger partial charge in [0.15, 0.2) is 0 Å². The molecule has 0 atom stereocenters. The van der Waals surface area contributed by atoms with Crippen LogP contribution in [0.5, 0.6) is 11.5 Å². The zero-order valence-corrected chi connectivity index (χ0v) is 15.5. The van der Waals surface area contributed by atoms with Crippen molar-refractivity contribution in [1.82, 2.24) is 0 Å². The summed E-state index contributed by atoms with van der Waals surface area (Å²) in [6.45, 7) is -0.0270. The van der Waals surface area contributed by atoms with Crippen LogP contribution in [0.2, 0.25) is 5.32 Å². The second kappa shape index (κ2) is 9.89. The van der Waals surface area contributed by atoms with E-state index in [-0.39, 0.29) is 27.3 Å². The van der Waals surface area contributed by atoms with E-state index in [1.807, 2.05) is 6.08 Å². The van der Waals surface area contributed by atoms with E-state index in [0.717, 1.165) is 4.46 Å². The van der Waals surface area contributed by atoms with Crippen LogP contribution in [-0.4, -0.2) is 32.6 Å². The van der Waals surface area contributed by atoms with Crippen LogP contribution >= 0.6 is 0 Å². The van der Waals surface area contributed by atoms with Gasteiger partial charge in [0.25, 0.3) is 0 Å². The van der Waals surface area contributed by atoms with Crippen molar-refractivity contribution in [1.29, 1.82) is 0 Å². The Morgan fingerprint density at radius 1 is 1.04 bits per heavy atom. The SMILES string of the molecule is O=C(O)OCc1ccc(OC=CC[Se]c2ccc(OC(F)(F)F)cc2)cc1. The van der Waals surface area contributed by atoms with Crippen molar-refractivity contribution in [3.8, 4) is 11.5 Å². The predicted molar refractivity (Wildman–Crippen MR) is 92.3 cm³/mol. The van der Waals surface area contributed by atoms with Gasteiger partial charge in [-0.1, -0.05) is 0 Å². The zero-order valence-electron chi connectivity index (χ0n) is 13.8. The van der Waals surface area contributed by atoms with E-state index >= 15 is 0 Å². The molecule has 0 heterocycles. The molecule has 0 saturated carbocycles. The van der Waals surface area contributed by atoms with Crippen molar-refractivity contribution < 1.29 is 37.3 Å². The molecule has 5 nitrogen and oxygen atoms in total. The van der Waals surface area contributed by atoms with Crippen LogP contribution in [-0.2, 0) is 11.3 Å². The second-order valence-electron chi connectivity index (χ2n) is 5.02. The Bertz CT molecular complexity index is 758. The molecule has 0 aliphatic rings. The van der Waals surface area contributed by atoms with Crippen molar-refractivity contribution in [3.05, 3.63) is 66.4 Å². The van der Waals surface area contributed by atoms with Crippen LogP contribution in [0.4, 0.5) is 18.0 Å². The van der Waals surface area contributed by atoms with E-state index < -0.39 is 12.5 Å². The molecule has 0 aliphatic heterocycles. The van der Waals surface area contributed by atoms with E-state index in [9.17, 15) is 18.0 Å². The summed E-state index contributed by atoms with van der Waals surface area (Å²) in [5.74, 6) is 0.351. The van der Waals surface area contributed by atoms with Gasteiger partial charge in [-0.05, 0) is 0 Å². The molecule has 0 amide bonds. The quantitative estimate of drug-likeness (QED) is 0.375. The van der Waals surface area contributed by atoms with Gasteiger partial charge >= 0.3 is 159 Å². The van der Waals surface area contributed by atoms with Gasteiger partial charge < -0.3 is 0 Å². The van der Waals surface area contributed by atoms with Gasteiger partial charge in [-0.25, -0.2) is 0 Å². The van der Waals surface area contributed by atoms with E-state index in [0.29, 0.717) is 16.6 Å². The molecule has 0 spiro atoms. The first-order valence-corrected chi connectivity index (χ1v) is 9.63. The third-order valence-corrected chi connectivity index (χ3v) is 5.01. The van der Waals surface area contributed by atoms with E-state index in [4.69, 9.17) is 9.84 Å². The van der Waals surface area contributed by atoms with Gasteiger partial charge in [-0.3, -0.25) is 0 Å². The van der Waals surface area contributed by atoms with Crippen LogP contribution in [0.1, 0.15) is 5.56 Å². The standard InChI is InChI=1S/C18H15F3O5Se/c19-18(20,21)26-15-6-8-16(9-7-15)27-11-1-10-24-14-4-2-13(3-5-14)12-25-17(22)23/h1-10H,11-12H2,(H,22,23). The number of ether oxygens (including phenoxy) is 3. The van der Waals surface area contributed by atoms with Crippen molar-refractivity contribution in [2.75, 3.05) is 0 Å². The fraction of sp³-hybridized carbons (Fsp3) is 0.167. The Labute approximate surface area is 159 Å². The number of carboxylic acid groups (broad SMARTS) is 1. The first-order valence-electron chi connectivity index (χ1n) is 7.57. The molecule has 27 heavy (non-hydrogen) atoms. The van der Waals surface area contributed by atoms with Gasteiger partial charge in [0.1, 0.15) is 0 Å². The molecule has 0 bridgehead atoms. The molecule has 144 valence electrons. The fourth-order valence-corrected chi connectivity index (χ4v) is 3.32. The molecule has 1 N–H and O–H groups in total. The number of hydrogen-bond acceptors (Lipinski definition) is 4. The Morgan fingerprint density at radius 3 is 2.26 bits per heavy atom. The predicted octanol–water partition coefficient (Wildman–Crippen LogP) is 4.12. The Kier molecular flexibility index (Phi) is 7.57. The fourth-order valence-electron chi connectivity index (χ4n) is 1.86. The van der Waals surface area contributed by atoms with Crippen LogP contribution in [0, 0.1) is 0 Å². The third kappa shape index (κ3) is 8.52. The minimum absolute atomic E-state index is 0.0270. The topological polar surface area (TPSA) is 65.0 Å². The summed E-state index contributed by atoms with van der Waals surface area (Å²) < 4.78 is 50.9. The molecule has 0 radical (unpaired) electrons. The first kappa shape index (κ1) is 20.7. The molecule has 0 fully saturated rings. The molecule has 2 rings (SSSR count). The summed E-state index contributed by atoms with van der Waals surface area (Å²) in [7, 11) is 0. The molecule has 0 saturated heterocycles. The average Bonchev–Trinajstić information content (AvgIpc) is 2.61. The Morgan fingerprint density at radius 2 is 1.67 bits per heavy atom. The maximum atomic E-state index is 12.1. The van der Waals surface area contributed by atoms with Crippen LogP contribution in [0.25, 0.3) is 0 Å². The number of allylic oxidation sites excluding steroid dienone is 1. The molecule has 0 aromatic heterocycles. The molecule has 9 heteroatoms. The summed E-state index contributed by atoms with van der Waals surface area (Å²) in [5, 5.41) is 9.14. The summed E-state index contributed by atoms with van der Waals surface area (Å²) in [5.41, 5.74) is 0.704. The van der Waals surface area contributed by atoms with Gasteiger partial charge in [0.2, 0.25) is 0 Å². The van der Waals surface area contributed by atoms with Gasteiger partial charge in [-0.2, -0.15) is 0 Å². The number of alkyl halides is 3. The zero-order chi connectivity index (χ0) is 19.7. The summed E-state index contributed by atoms with van der Waals surface area (Å²) in [6.07, 6.45) is -2.66. The number of benzene rings is 2. The van der Waals surface area contributed by atoms with E-state index in [1.165, 1.54) is 18.4 Å². The van der Waals surface area contributed by atoms with E-state index in [2.05, 4.69) is 9.47 Å². The molecule has 2 aromatic carbocycles. The van der Waals surface area contributed by atoms with Gasteiger partial charge in [0.05, 0.1) is 0 Å². The maximum absolute atomic E-state index is 12.1. The minimum atomic E-state index is -4.69. The summed E-state index contributed by atoms with van der Waals surface area (Å²) in [4.78, 5) is 10.3. The number of carbonyl (C=O) groups is 1. The molecule has 0 aliphatic carbocycles. The monoisotopic (exact) mass is 448 g/mol. The van der Waals surface area contributed by atoms with E-state index in [1.54, 1.807) is 36.4 Å². The van der Waals surface area contributed by atoms with Crippen molar-refractivity contribution >= 4 is 25.6 Å².